The lowest BCUT2D eigenvalue weighted by Crippen LogP contribution is -2.53. The Bertz CT molecular complexity index is 452. The number of carbonyl (C=O) groups is 1. The van der Waals surface area contributed by atoms with Gasteiger partial charge in [0, 0.05) is 31.4 Å². The van der Waals surface area contributed by atoms with Gasteiger partial charge in [-0.05, 0) is 25.5 Å². The Morgan fingerprint density at radius 2 is 2.00 bits per heavy atom. The highest BCUT2D eigenvalue weighted by molar-refractivity contribution is 5.95. The Labute approximate surface area is 113 Å². The molecule has 2 saturated heterocycles. The maximum atomic E-state index is 12.3. The largest absolute Gasteiger partial charge is 0.380 e. The van der Waals surface area contributed by atoms with Gasteiger partial charge in [0.1, 0.15) is 0 Å². The van der Waals surface area contributed by atoms with Crippen LogP contribution in [-0.2, 0) is 9.53 Å². The summed E-state index contributed by atoms with van der Waals surface area (Å²) in [6.07, 6.45) is 1.05. The van der Waals surface area contributed by atoms with Crippen LogP contribution in [0.2, 0.25) is 0 Å². The second-order valence-electron chi connectivity index (χ2n) is 5.37. The van der Waals surface area contributed by atoms with Gasteiger partial charge in [-0.15, -0.1) is 0 Å². The molecule has 1 aromatic carbocycles. The zero-order valence-electron chi connectivity index (χ0n) is 11.3. The number of aryl methyl sites for hydroxylation is 1. The minimum absolute atomic E-state index is 0.196. The molecule has 1 unspecified atom stereocenters. The van der Waals surface area contributed by atoms with Gasteiger partial charge in [0.25, 0.3) is 0 Å². The summed E-state index contributed by atoms with van der Waals surface area (Å²) >= 11 is 0. The molecule has 0 spiro atoms. The zero-order chi connectivity index (χ0) is 13.2. The lowest BCUT2D eigenvalue weighted by atomic mass is 10.1. The maximum absolute atomic E-state index is 12.3. The molecule has 4 nitrogen and oxygen atoms in total. The van der Waals surface area contributed by atoms with E-state index in [4.69, 9.17) is 4.74 Å². The lowest BCUT2D eigenvalue weighted by Gasteiger charge is -2.37. The first kappa shape index (κ1) is 12.6. The molecule has 2 fully saturated rings. The number of benzene rings is 1. The Morgan fingerprint density at radius 1 is 1.21 bits per heavy atom. The number of hydrogen-bond acceptors (Lipinski definition) is 3. The molecule has 2 aliphatic heterocycles. The average Bonchev–Trinajstić information content (AvgIpc) is 2.94. The molecule has 1 atom stereocenters. The third-order valence-corrected chi connectivity index (χ3v) is 4.02. The molecule has 0 saturated carbocycles. The highest BCUT2D eigenvalue weighted by Crippen LogP contribution is 2.20. The summed E-state index contributed by atoms with van der Waals surface area (Å²) < 4.78 is 5.40. The van der Waals surface area contributed by atoms with E-state index in [9.17, 15) is 4.79 Å². The van der Waals surface area contributed by atoms with Crippen LogP contribution < -0.4 is 4.90 Å². The third-order valence-electron chi connectivity index (χ3n) is 4.02. The van der Waals surface area contributed by atoms with Gasteiger partial charge < -0.3 is 9.64 Å². The first-order valence-electron chi connectivity index (χ1n) is 6.93. The summed E-state index contributed by atoms with van der Waals surface area (Å²) in [6, 6.07) is 8.60. The first-order chi connectivity index (χ1) is 9.24. The van der Waals surface area contributed by atoms with Crippen LogP contribution in [0.5, 0.6) is 0 Å². The van der Waals surface area contributed by atoms with E-state index in [2.05, 4.69) is 24.0 Å². The van der Waals surface area contributed by atoms with Crippen LogP contribution >= 0.6 is 0 Å². The number of hydrogen-bond donors (Lipinski definition) is 0. The summed E-state index contributed by atoms with van der Waals surface area (Å²) in [5, 5.41) is 0. The van der Waals surface area contributed by atoms with Gasteiger partial charge in [-0.1, -0.05) is 17.7 Å². The number of ether oxygens (including phenoxy) is 1. The topological polar surface area (TPSA) is 32.8 Å². The molecule has 0 aliphatic carbocycles. The highest BCUT2D eigenvalue weighted by atomic mass is 16.5. The quantitative estimate of drug-likeness (QED) is 0.806. The van der Waals surface area contributed by atoms with Crippen LogP contribution in [0.25, 0.3) is 0 Å². The van der Waals surface area contributed by atoms with Gasteiger partial charge in [0.15, 0.2) is 0 Å². The molecule has 2 aliphatic rings. The van der Waals surface area contributed by atoms with Crippen LogP contribution in [0.15, 0.2) is 24.3 Å². The van der Waals surface area contributed by atoms with Crippen LogP contribution in [-0.4, -0.2) is 49.7 Å². The van der Waals surface area contributed by atoms with E-state index in [0.29, 0.717) is 12.6 Å². The van der Waals surface area contributed by atoms with E-state index in [1.807, 2.05) is 17.0 Å². The van der Waals surface area contributed by atoms with E-state index in [0.717, 1.165) is 38.4 Å². The molecular weight excluding hydrogens is 240 g/mol. The second kappa shape index (κ2) is 5.31. The second-order valence-corrected chi connectivity index (χ2v) is 5.37. The monoisotopic (exact) mass is 260 g/mol. The first-order valence-corrected chi connectivity index (χ1v) is 6.93. The van der Waals surface area contributed by atoms with Crippen molar-refractivity contribution in [2.45, 2.75) is 19.4 Å². The van der Waals surface area contributed by atoms with Crippen molar-refractivity contribution in [3.05, 3.63) is 29.8 Å². The minimum Gasteiger partial charge on any atom is -0.380 e. The summed E-state index contributed by atoms with van der Waals surface area (Å²) in [7, 11) is 0. The van der Waals surface area contributed by atoms with E-state index in [1.165, 1.54) is 5.56 Å². The Hall–Kier alpha value is -1.39. The molecule has 4 heteroatoms. The molecule has 1 amide bonds. The van der Waals surface area contributed by atoms with Crippen molar-refractivity contribution in [2.24, 2.45) is 0 Å². The predicted octanol–water partition coefficient (Wildman–Crippen LogP) is 1.43. The highest BCUT2D eigenvalue weighted by Gasteiger charge is 2.31. The van der Waals surface area contributed by atoms with Gasteiger partial charge in [0.05, 0.1) is 13.2 Å². The Balaban J connectivity index is 1.67. The van der Waals surface area contributed by atoms with Crippen LogP contribution in [0.4, 0.5) is 5.69 Å². The van der Waals surface area contributed by atoms with Crippen LogP contribution in [0, 0.1) is 6.92 Å². The molecule has 0 N–H and O–H groups in total. The summed E-state index contributed by atoms with van der Waals surface area (Å²) in [4.78, 5) is 16.4. The molecule has 0 bridgehead atoms. The van der Waals surface area contributed by atoms with E-state index >= 15 is 0 Å². The van der Waals surface area contributed by atoms with Crippen molar-refractivity contribution >= 4 is 11.6 Å². The van der Waals surface area contributed by atoms with Gasteiger partial charge in [-0.25, -0.2) is 0 Å². The number of amides is 1. The normalized spacial score (nSPS) is 25.0. The van der Waals surface area contributed by atoms with Crippen LogP contribution in [0.3, 0.4) is 0 Å². The molecule has 2 heterocycles. The van der Waals surface area contributed by atoms with E-state index < -0.39 is 0 Å². The van der Waals surface area contributed by atoms with E-state index in [1.54, 1.807) is 0 Å². The molecule has 102 valence electrons. The number of anilines is 1. The minimum atomic E-state index is 0.196. The summed E-state index contributed by atoms with van der Waals surface area (Å²) in [6.45, 7) is 5.90. The van der Waals surface area contributed by atoms with Gasteiger partial charge in [-0.3, -0.25) is 9.69 Å². The van der Waals surface area contributed by atoms with Crippen molar-refractivity contribution in [2.75, 3.05) is 37.7 Å². The molecule has 1 aromatic rings. The number of carbonyl (C=O) groups excluding carboxylic acids is 1. The standard InChI is InChI=1S/C15H20N2O2/c1-12-2-4-13(5-3-12)17-8-7-16(10-15(17)18)14-6-9-19-11-14/h2-5,14H,6-11H2,1H3. The smallest absolute Gasteiger partial charge is 0.241 e. The fourth-order valence-corrected chi connectivity index (χ4v) is 2.81. The van der Waals surface area contributed by atoms with Crippen molar-refractivity contribution in [1.29, 1.82) is 0 Å². The lowest BCUT2D eigenvalue weighted by molar-refractivity contribution is -0.122. The van der Waals surface area contributed by atoms with Crippen molar-refractivity contribution in [3.63, 3.8) is 0 Å². The van der Waals surface area contributed by atoms with Crippen molar-refractivity contribution in [3.8, 4) is 0 Å². The number of nitrogens with zero attached hydrogens (tertiary/aromatic N) is 2. The third kappa shape index (κ3) is 2.65. The Kier molecular flexibility index (Phi) is 3.53. The molecule has 3 rings (SSSR count). The Morgan fingerprint density at radius 3 is 2.63 bits per heavy atom. The molecule has 0 radical (unpaired) electrons. The van der Waals surface area contributed by atoms with E-state index in [-0.39, 0.29) is 5.91 Å². The van der Waals surface area contributed by atoms with Crippen molar-refractivity contribution < 1.29 is 9.53 Å². The summed E-state index contributed by atoms with van der Waals surface area (Å²) in [5.41, 5.74) is 2.23. The SMILES string of the molecule is Cc1ccc(N2CCN(C3CCOC3)CC2=O)cc1. The molecular formula is C15H20N2O2. The van der Waals surface area contributed by atoms with Gasteiger partial charge >= 0.3 is 0 Å². The summed E-state index contributed by atoms with van der Waals surface area (Å²) in [5.74, 6) is 0.196. The average molecular weight is 260 g/mol. The van der Waals surface area contributed by atoms with Crippen molar-refractivity contribution in [1.82, 2.24) is 4.90 Å². The van der Waals surface area contributed by atoms with Crippen LogP contribution in [0.1, 0.15) is 12.0 Å². The fourth-order valence-electron chi connectivity index (χ4n) is 2.81. The molecule has 19 heavy (non-hydrogen) atoms. The number of piperazine rings is 1. The molecule has 0 aromatic heterocycles. The maximum Gasteiger partial charge on any atom is 0.241 e. The number of rotatable bonds is 2. The zero-order valence-corrected chi connectivity index (χ0v) is 11.3. The van der Waals surface area contributed by atoms with Gasteiger partial charge in [-0.2, -0.15) is 0 Å². The predicted molar refractivity (Wildman–Crippen MR) is 74.3 cm³/mol. The van der Waals surface area contributed by atoms with Gasteiger partial charge in [0.2, 0.25) is 5.91 Å². The fraction of sp³-hybridized carbons (Fsp3) is 0.533.